The van der Waals surface area contributed by atoms with E-state index < -0.39 is 5.97 Å². The Hall–Kier alpha value is -1.75. The number of hydrogen-bond acceptors (Lipinski definition) is 5. The molecule has 1 aromatic rings. The smallest absolute Gasteiger partial charge is 0.340 e. The van der Waals surface area contributed by atoms with E-state index in [2.05, 4.69) is 6.92 Å². The maximum Gasteiger partial charge on any atom is 0.340 e. The predicted octanol–water partition coefficient (Wildman–Crippen LogP) is 1.65. The van der Waals surface area contributed by atoms with Crippen LogP contribution in [0.3, 0.4) is 0 Å². The summed E-state index contributed by atoms with van der Waals surface area (Å²) >= 11 is 0. The van der Waals surface area contributed by atoms with E-state index in [1.165, 1.54) is 7.11 Å². The highest BCUT2D eigenvalue weighted by molar-refractivity contribution is 5.98. The van der Waals surface area contributed by atoms with Gasteiger partial charge in [0.05, 0.1) is 30.7 Å². The van der Waals surface area contributed by atoms with Crippen LogP contribution in [0.5, 0.6) is 0 Å². The molecule has 1 rings (SSSR count). The molecular formula is C14H22N2O3. The highest BCUT2D eigenvalue weighted by Crippen LogP contribution is 2.27. The van der Waals surface area contributed by atoms with Crippen LogP contribution in [0.4, 0.5) is 11.4 Å². The van der Waals surface area contributed by atoms with Gasteiger partial charge in [-0.15, -0.1) is 0 Å². The average molecular weight is 266 g/mol. The van der Waals surface area contributed by atoms with Crippen molar-refractivity contribution >= 4 is 17.3 Å². The zero-order valence-electron chi connectivity index (χ0n) is 11.6. The lowest BCUT2D eigenvalue weighted by Crippen LogP contribution is -2.29. The number of nitrogens with two attached hydrogens (primary N) is 1. The van der Waals surface area contributed by atoms with Crippen LogP contribution in [0.1, 0.15) is 30.1 Å². The van der Waals surface area contributed by atoms with E-state index in [0.29, 0.717) is 17.8 Å². The number of anilines is 2. The summed E-state index contributed by atoms with van der Waals surface area (Å²) in [7, 11) is 1.33. The van der Waals surface area contributed by atoms with Gasteiger partial charge in [0.1, 0.15) is 0 Å². The summed E-state index contributed by atoms with van der Waals surface area (Å²) in [4.78, 5) is 13.6. The minimum absolute atomic E-state index is 0.0472. The van der Waals surface area contributed by atoms with Gasteiger partial charge in [-0.05, 0) is 18.6 Å². The molecule has 106 valence electrons. The Morgan fingerprint density at radius 1 is 1.42 bits per heavy atom. The average Bonchev–Trinajstić information content (AvgIpc) is 2.43. The summed E-state index contributed by atoms with van der Waals surface area (Å²) in [6, 6.07) is 5.27. The number of ether oxygens (including phenoxy) is 1. The van der Waals surface area contributed by atoms with E-state index in [4.69, 9.17) is 15.6 Å². The molecule has 0 saturated heterocycles. The molecule has 19 heavy (non-hydrogen) atoms. The number of aliphatic hydroxyl groups is 1. The predicted molar refractivity (Wildman–Crippen MR) is 76.4 cm³/mol. The van der Waals surface area contributed by atoms with E-state index >= 15 is 0 Å². The molecule has 0 aromatic heterocycles. The van der Waals surface area contributed by atoms with Gasteiger partial charge in [-0.2, -0.15) is 0 Å². The molecule has 0 aliphatic heterocycles. The van der Waals surface area contributed by atoms with Crippen molar-refractivity contribution in [3.05, 3.63) is 23.8 Å². The molecule has 3 N–H and O–H groups in total. The number of nitrogens with zero attached hydrogens (tertiary/aromatic N) is 1. The molecule has 0 amide bonds. The first kappa shape index (κ1) is 15.3. The van der Waals surface area contributed by atoms with Crippen LogP contribution in [0, 0.1) is 0 Å². The van der Waals surface area contributed by atoms with Crippen molar-refractivity contribution in [2.75, 3.05) is 37.4 Å². The number of para-hydroxylation sites is 1. The fourth-order valence-corrected chi connectivity index (χ4v) is 1.94. The second kappa shape index (κ2) is 7.63. The maximum absolute atomic E-state index is 11.6. The topological polar surface area (TPSA) is 75.8 Å². The largest absolute Gasteiger partial charge is 0.465 e. The van der Waals surface area contributed by atoms with Crippen molar-refractivity contribution in [2.24, 2.45) is 0 Å². The van der Waals surface area contributed by atoms with Crippen LogP contribution in [-0.4, -0.2) is 37.9 Å². The second-order valence-electron chi connectivity index (χ2n) is 4.29. The molecule has 0 spiro atoms. The summed E-state index contributed by atoms with van der Waals surface area (Å²) in [5, 5.41) is 9.14. The van der Waals surface area contributed by atoms with Gasteiger partial charge in [0, 0.05) is 13.1 Å². The standard InChI is InChI=1S/C14H22N2O3/c1-3-4-8-16(9-10-17)12-7-5-6-11(13(12)15)14(18)19-2/h5-7,17H,3-4,8-10,15H2,1-2H3. The van der Waals surface area contributed by atoms with Crippen molar-refractivity contribution < 1.29 is 14.6 Å². The molecule has 0 fully saturated rings. The minimum Gasteiger partial charge on any atom is -0.465 e. The number of hydrogen-bond donors (Lipinski definition) is 2. The highest BCUT2D eigenvalue weighted by atomic mass is 16.5. The number of rotatable bonds is 7. The third kappa shape index (κ3) is 3.86. The maximum atomic E-state index is 11.6. The summed E-state index contributed by atoms with van der Waals surface area (Å²) in [6.07, 6.45) is 2.06. The number of carbonyl (C=O) groups is 1. The summed E-state index contributed by atoms with van der Waals surface area (Å²) < 4.78 is 4.71. The van der Waals surface area contributed by atoms with Gasteiger partial charge in [0.25, 0.3) is 0 Å². The van der Waals surface area contributed by atoms with Gasteiger partial charge in [-0.1, -0.05) is 19.4 Å². The Bertz CT molecular complexity index is 421. The molecule has 0 atom stereocenters. The van der Waals surface area contributed by atoms with E-state index in [-0.39, 0.29) is 6.61 Å². The zero-order valence-corrected chi connectivity index (χ0v) is 11.6. The summed E-state index contributed by atoms with van der Waals surface area (Å²) in [5.41, 5.74) is 7.57. The number of nitrogen functional groups attached to an aromatic ring is 1. The van der Waals surface area contributed by atoms with Crippen molar-refractivity contribution in [2.45, 2.75) is 19.8 Å². The monoisotopic (exact) mass is 266 g/mol. The third-order valence-corrected chi connectivity index (χ3v) is 2.98. The minimum atomic E-state index is -0.446. The zero-order chi connectivity index (χ0) is 14.3. The molecule has 0 aliphatic rings. The fourth-order valence-electron chi connectivity index (χ4n) is 1.94. The Morgan fingerprint density at radius 3 is 2.74 bits per heavy atom. The lowest BCUT2D eigenvalue weighted by atomic mass is 10.1. The second-order valence-corrected chi connectivity index (χ2v) is 4.29. The van der Waals surface area contributed by atoms with E-state index in [0.717, 1.165) is 25.1 Å². The van der Waals surface area contributed by atoms with Crippen LogP contribution in [0.15, 0.2) is 18.2 Å². The SMILES string of the molecule is CCCCN(CCO)c1cccc(C(=O)OC)c1N. The van der Waals surface area contributed by atoms with E-state index in [1.807, 2.05) is 11.0 Å². The lowest BCUT2D eigenvalue weighted by molar-refractivity contribution is 0.0602. The van der Waals surface area contributed by atoms with Crippen LogP contribution in [0.25, 0.3) is 0 Å². The van der Waals surface area contributed by atoms with Crippen molar-refractivity contribution in [1.82, 2.24) is 0 Å². The van der Waals surface area contributed by atoms with Gasteiger partial charge in [0.15, 0.2) is 0 Å². The molecule has 1 aromatic carbocycles. The number of aliphatic hydroxyl groups excluding tert-OH is 1. The Balaban J connectivity index is 3.05. The van der Waals surface area contributed by atoms with Crippen LogP contribution < -0.4 is 10.6 Å². The highest BCUT2D eigenvalue weighted by Gasteiger charge is 2.16. The molecule has 0 aliphatic carbocycles. The third-order valence-electron chi connectivity index (χ3n) is 2.98. The molecule has 0 saturated carbocycles. The van der Waals surface area contributed by atoms with Crippen molar-refractivity contribution in [1.29, 1.82) is 0 Å². The van der Waals surface area contributed by atoms with Crippen LogP contribution >= 0.6 is 0 Å². The molecule has 5 nitrogen and oxygen atoms in total. The first-order valence-corrected chi connectivity index (χ1v) is 6.48. The first-order valence-electron chi connectivity index (χ1n) is 6.48. The molecule has 0 radical (unpaired) electrons. The van der Waals surface area contributed by atoms with Gasteiger partial charge in [-0.3, -0.25) is 0 Å². The molecular weight excluding hydrogens is 244 g/mol. The quantitative estimate of drug-likeness (QED) is 0.580. The Labute approximate surface area is 114 Å². The molecule has 0 unspecified atom stereocenters. The number of unbranched alkanes of at least 4 members (excludes halogenated alkanes) is 1. The normalized spacial score (nSPS) is 10.3. The van der Waals surface area contributed by atoms with Crippen LogP contribution in [0.2, 0.25) is 0 Å². The molecule has 0 bridgehead atoms. The van der Waals surface area contributed by atoms with Gasteiger partial charge >= 0.3 is 5.97 Å². The van der Waals surface area contributed by atoms with Crippen molar-refractivity contribution in [3.8, 4) is 0 Å². The Kier molecular flexibility index (Phi) is 6.15. The Morgan fingerprint density at radius 2 is 2.16 bits per heavy atom. The fraction of sp³-hybridized carbons (Fsp3) is 0.500. The summed E-state index contributed by atoms with van der Waals surface area (Å²) in [5.74, 6) is -0.446. The lowest BCUT2D eigenvalue weighted by Gasteiger charge is -2.26. The number of carbonyl (C=O) groups excluding carboxylic acids is 1. The first-order chi connectivity index (χ1) is 9.15. The summed E-state index contributed by atoms with van der Waals surface area (Å²) in [6.45, 7) is 3.44. The van der Waals surface area contributed by atoms with Gasteiger partial charge < -0.3 is 20.5 Å². The number of methoxy groups -OCH3 is 1. The van der Waals surface area contributed by atoms with E-state index in [9.17, 15) is 4.79 Å². The van der Waals surface area contributed by atoms with E-state index in [1.54, 1.807) is 12.1 Å². The molecule has 5 heteroatoms. The van der Waals surface area contributed by atoms with Crippen LogP contribution in [-0.2, 0) is 4.74 Å². The number of esters is 1. The van der Waals surface area contributed by atoms with Gasteiger partial charge in [-0.25, -0.2) is 4.79 Å². The van der Waals surface area contributed by atoms with Gasteiger partial charge in [0.2, 0.25) is 0 Å². The number of benzene rings is 1. The van der Waals surface area contributed by atoms with Crippen molar-refractivity contribution in [3.63, 3.8) is 0 Å². The molecule has 0 heterocycles.